The molecule has 1 unspecified atom stereocenters. The molecule has 0 saturated carbocycles. The highest BCUT2D eigenvalue weighted by atomic mass is 35.5. The Hall–Kier alpha value is -1.20. The molecule has 0 aliphatic rings. The van der Waals surface area contributed by atoms with Crippen LogP contribution in [0, 0.1) is 0 Å². The largest absolute Gasteiger partial charge is 0.393 e. The molecular weight excluding hydrogens is 218 g/mol. The molecule has 82 valence electrons. The highest BCUT2D eigenvalue weighted by molar-refractivity contribution is 6.28. The number of hydrogen-bond acceptors (Lipinski definition) is 4. The molecule has 0 fully saturated rings. The summed E-state index contributed by atoms with van der Waals surface area (Å²) in [7, 11) is 0. The summed E-state index contributed by atoms with van der Waals surface area (Å²) < 4.78 is 0. The maximum atomic E-state index is 11.3. The van der Waals surface area contributed by atoms with E-state index in [1.807, 2.05) is 0 Å². The Bertz CT molecular complexity index is 344. The monoisotopic (exact) mass is 229 g/mol. The van der Waals surface area contributed by atoms with E-state index in [0.717, 1.165) is 0 Å². The molecule has 1 aromatic rings. The van der Waals surface area contributed by atoms with Gasteiger partial charge in [0.25, 0.3) is 0 Å². The third-order valence-corrected chi connectivity index (χ3v) is 1.86. The third-order valence-electron chi connectivity index (χ3n) is 1.68. The summed E-state index contributed by atoms with van der Waals surface area (Å²) in [4.78, 5) is 18.8. The van der Waals surface area contributed by atoms with E-state index in [1.165, 1.54) is 6.20 Å². The maximum Gasteiger partial charge on any atom is 0.225 e. The molecular formula is C9H12ClN3O2. The smallest absolute Gasteiger partial charge is 0.225 e. The number of carbonyl (C=O) groups excluding carboxylic acids is 1. The molecule has 0 aromatic carbocycles. The Kier molecular flexibility index (Phi) is 4.45. The number of halogens is 1. The van der Waals surface area contributed by atoms with E-state index in [1.54, 1.807) is 13.0 Å². The summed E-state index contributed by atoms with van der Waals surface area (Å²) in [6, 6.07) is 1.55. The Labute approximate surface area is 92.5 Å². The first kappa shape index (κ1) is 11.9. The number of nitrogens with one attached hydrogen (secondary N) is 1. The van der Waals surface area contributed by atoms with E-state index < -0.39 is 6.10 Å². The molecule has 2 N–H and O–H groups in total. The van der Waals surface area contributed by atoms with Gasteiger partial charge >= 0.3 is 0 Å². The Morgan fingerprint density at radius 3 is 3.07 bits per heavy atom. The van der Waals surface area contributed by atoms with E-state index in [2.05, 4.69) is 15.3 Å². The zero-order valence-electron chi connectivity index (χ0n) is 8.27. The summed E-state index contributed by atoms with van der Waals surface area (Å²) in [5.74, 6) is 0.163. The molecule has 0 saturated heterocycles. The lowest BCUT2D eigenvalue weighted by molar-refractivity contribution is -0.116. The van der Waals surface area contributed by atoms with Crippen molar-refractivity contribution in [2.24, 2.45) is 0 Å². The summed E-state index contributed by atoms with van der Waals surface area (Å²) in [5.41, 5.74) is 0. The van der Waals surface area contributed by atoms with Gasteiger partial charge in [-0.3, -0.25) is 4.79 Å². The van der Waals surface area contributed by atoms with Gasteiger partial charge in [0.15, 0.2) is 0 Å². The lowest BCUT2D eigenvalue weighted by atomic mass is 10.2. The SMILES string of the molecule is CC(O)CCC(=O)Nc1ccnc(Cl)n1. The molecule has 15 heavy (non-hydrogen) atoms. The maximum absolute atomic E-state index is 11.3. The topological polar surface area (TPSA) is 75.1 Å². The fraction of sp³-hybridized carbons (Fsp3) is 0.444. The quantitative estimate of drug-likeness (QED) is 0.762. The summed E-state index contributed by atoms with van der Waals surface area (Å²) in [6.07, 6.45) is 1.65. The van der Waals surface area contributed by atoms with Crippen LogP contribution in [0.1, 0.15) is 19.8 Å². The van der Waals surface area contributed by atoms with Crippen LogP contribution in [-0.4, -0.2) is 27.1 Å². The van der Waals surface area contributed by atoms with Crippen LogP contribution in [0.25, 0.3) is 0 Å². The highest BCUT2D eigenvalue weighted by Crippen LogP contribution is 2.07. The average Bonchev–Trinajstić information content (AvgIpc) is 2.15. The van der Waals surface area contributed by atoms with Crippen LogP contribution >= 0.6 is 11.6 Å². The number of aliphatic hydroxyl groups excluding tert-OH is 1. The van der Waals surface area contributed by atoms with Crippen LogP contribution in [0.3, 0.4) is 0 Å². The van der Waals surface area contributed by atoms with Crippen LogP contribution in [0.4, 0.5) is 5.82 Å². The summed E-state index contributed by atoms with van der Waals surface area (Å²) >= 11 is 5.54. The fourth-order valence-electron chi connectivity index (χ4n) is 0.950. The molecule has 1 atom stereocenters. The molecule has 1 aromatic heterocycles. The van der Waals surface area contributed by atoms with Crippen molar-refractivity contribution in [3.05, 3.63) is 17.5 Å². The van der Waals surface area contributed by atoms with Gasteiger partial charge in [0.05, 0.1) is 6.10 Å². The van der Waals surface area contributed by atoms with Gasteiger partial charge in [0, 0.05) is 12.6 Å². The molecule has 1 amide bonds. The molecule has 0 aliphatic heterocycles. The van der Waals surface area contributed by atoms with E-state index in [9.17, 15) is 4.79 Å². The van der Waals surface area contributed by atoms with Crippen molar-refractivity contribution in [3.8, 4) is 0 Å². The van der Waals surface area contributed by atoms with Crippen molar-refractivity contribution in [1.29, 1.82) is 0 Å². The minimum atomic E-state index is -0.482. The first-order valence-corrected chi connectivity index (χ1v) is 4.92. The number of anilines is 1. The lowest BCUT2D eigenvalue weighted by Crippen LogP contribution is -2.14. The molecule has 0 aliphatic carbocycles. The number of aliphatic hydroxyl groups is 1. The summed E-state index contributed by atoms with van der Waals surface area (Å²) in [6.45, 7) is 1.63. The van der Waals surface area contributed by atoms with Gasteiger partial charge in [-0.05, 0) is 31.0 Å². The van der Waals surface area contributed by atoms with E-state index in [-0.39, 0.29) is 17.6 Å². The number of rotatable bonds is 4. The first-order chi connectivity index (χ1) is 7.08. The van der Waals surface area contributed by atoms with Gasteiger partial charge in [-0.15, -0.1) is 0 Å². The zero-order valence-corrected chi connectivity index (χ0v) is 9.03. The van der Waals surface area contributed by atoms with Crippen LogP contribution in [-0.2, 0) is 4.79 Å². The first-order valence-electron chi connectivity index (χ1n) is 4.54. The average molecular weight is 230 g/mol. The molecule has 0 radical (unpaired) electrons. The third kappa shape index (κ3) is 4.71. The lowest BCUT2D eigenvalue weighted by Gasteiger charge is -2.05. The normalized spacial score (nSPS) is 12.2. The number of hydrogen-bond donors (Lipinski definition) is 2. The van der Waals surface area contributed by atoms with Crippen molar-refractivity contribution in [1.82, 2.24) is 9.97 Å². The van der Waals surface area contributed by atoms with Gasteiger partial charge in [-0.25, -0.2) is 9.97 Å². The Morgan fingerprint density at radius 1 is 1.73 bits per heavy atom. The fourth-order valence-corrected chi connectivity index (χ4v) is 1.10. The number of nitrogens with zero attached hydrogens (tertiary/aromatic N) is 2. The van der Waals surface area contributed by atoms with Crippen LogP contribution < -0.4 is 5.32 Å². The zero-order chi connectivity index (χ0) is 11.3. The van der Waals surface area contributed by atoms with Gasteiger partial charge < -0.3 is 10.4 Å². The second-order valence-corrected chi connectivity index (χ2v) is 3.48. The van der Waals surface area contributed by atoms with Crippen molar-refractivity contribution < 1.29 is 9.90 Å². The molecule has 0 bridgehead atoms. The number of carbonyl (C=O) groups is 1. The van der Waals surface area contributed by atoms with Crippen molar-refractivity contribution >= 4 is 23.3 Å². The molecule has 1 rings (SSSR count). The van der Waals surface area contributed by atoms with Gasteiger partial charge in [0.1, 0.15) is 5.82 Å². The van der Waals surface area contributed by atoms with Crippen molar-refractivity contribution in [2.75, 3.05) is 5.32 Å². The predicted octanol–water partition coefficient (Wildman–Crippen LogP) is 1.23. The summed E-state index contributed by atoms with van der Waals surface area (Å²) in [5, 5.41) is 11.6. The number of aromatic nitrogens is 2. The molecule has 6 heteroatoms. The molecule has 0 spiro atoms. The van der Waals surface area contributed by atoms with Gasteiger partial charge in [0.2, 0.25) is 11.2 Å². The second-order valence-electron chi connectivity index (χ2n) is 3.15. The van der Waals surface area contributed by atoms with Crippen molar-refractivity contribution in [2.45, 2.75) is 25.9 Å². The van der Waals surface area contributed by atoms with Crippen LogP contribution in [0.5, 0.6) is 0 Å². The Morgan fingerprint density at radius 2 is 2.47 bits per heavy atom. The minimum Gasteiger partial charge on any atom is -0.393 e. The molecule has 5 nitrogen and oxygen atoms in total. The second kappa shape index (κ2) is 5.63. The Balaban J connectivity index is 2.44. The highest BCUT2D eigenvalue weighted by Gasteiger charge is 2.05. The van der Waals surface area contributed by atoms with Gasteiger partial charge in [-0.2, -0.15) is 0 Å². The van der Waals surface area contributed by atoms with E-state index in [4.69, 9.17) is 16.7 Å². The van der Waals surface area contributed by atoms with Crippen LogP contribution in [0.2, 0.25) is 5.28 Å². The number of amides is 1. The van der Waals surface area contributed by atoms with Gasteiger partial charge in [-0.1, -0.05) is 0 Å². The minimum absolute atomic E-state index is 0.0864. The van der Waals surface area contributed by atoms with Crippen LogP contribution in [0.15, 0.2) is 12.3 Å². The predicted molar refractivity (Wildman–Crippen MR) is 56.6 cm³/mol. The van der Waals surface area contributed by atoms with Crippen molar-refractivity contribution in [3.63, 3.8) is 0 Å². The van der Waals surface area contributed by atoms with E-state index in [0.29, 0.717) is 12.2 Å². The van der Waals surface area contributed by atoms with E-state index >= 15 is 0 Å². The molecule has 1 heterocycles. The standard InChI is InChI=1S/C9H12ClN3O2/c1-6(14)2-3-8(15)12-7-4-5-11-9(10)13-7/h4-6,14H,2-3H2,1H3,(H,11,12,13,15).